The highest BCUT2D eigenvalue weighted by Crippen LogP contribution is 2.26. The average Bonchev–Trinajstić information content (AvgIpc) is 2.73. The molecule has 1 aromatic heterocycles. The summed E-state index contributed by atoms with van der Waals surface area (Å²) < 4.78 is 15.6. The molecule has 0 amide bonds. The van der Waals surface area contributed by atoms with Crippen molar-refractivity contribution in [1.29, 1.82) is 0 Å². The Labute approximate surface area is 181 Å². The number of carbonyl (C=O) groups is 2. The van der Waals surface area contributed by atoms with Crippen molar-refractivity contribution < 1.29 is 28.5 Å². The summed E-state index contributed by atoms with van der Waals surface area (Å²) in [5, 5.41) is 13.1. The van der Waals surface area contributed by atoms with Gasteiger partial charge in [-0.1, -0.05) is 23.2 Å². The number of aromatic nitrogens is 2. The molecule has 10 heteroatoms. The van der Waals surface area contributed by atoms with Gasteiger partial charge in [0, 0.05) is 6.07 Å². The summed E-state index contributed by atoms with van der Waals surface area (Å²) in [6.45, 7) is 1.21. The van der Waals surface area contributed by atoms with Crippen molar-refractivity contribution in [2.75, 3.05) is 13.7 Å². The van der Waals surface area contributed by atoms with Gasteiger partial charge in [0.1, 0.15) is 17.9 Å². The van der Waals surface area contributed by atoms with E-state index < -0.39 is 24.2 Å². The monoisotopic (exact) mass is 450 g/mol. The number of fused-ring (bicyclic) bond motifs is 1. The molecule has 0 radical (unpaired) electrons. The first-order valence-corrected chi connectivity index (χ1v) is 9.50. The lowest BCUT2D eigenvalue weighted by molar-refractivity contribution is -0.581. The lowest BCUT2D eigenvalue weighted by Gasteiger charge is -2.12. The zero-order chi connectivity index (χ0) is 21.8. The van der Waals surface area contributed by atoms with Crippen molar-refractivity contribution in [1.82, 2.24) is 4.98 Å². The zero-order valence-corrected chi connectivity index (χ0v) is 17.5. The number of halogens is 2. The Hall–Kier alpha value is -3.10. The van der Waals surface area contributed by atoms with Crippen LogP contribution in [0.3, 0.4) is 0 Å². The molecular weight excluding hydrogens is 435 g/mol. The van der Waals surface area contributed by atoms with Crippen molar-refractivity contribution in [3.8, 4) is 5.75 Å². The van der Waals surface area contributed by atoms with Crippen LogP contribution in [-0.4, -0.2) is 30.6 Å². The van der Waals surface area contributed by atoms with Gasteiger partial charge in [-0.05, 0) is 37.3 Å². The molecule has 0 N–H and O–H groups in total. The first-order chi connectivity index (χ1) is 14.3. The molecule has 0 saturated heterocycles. The van der Waals surface area contributed by atoms with E-state index in [-0.39, 0.29) is 38.9 Å². The summed E-state index contributed by atoms with van der Waals surface area (Å²) in [5.41, 5.74) is 0.00111. The number of carbonyl (C=O) groups excluding carboxylic acids is 2. The highest BCUT2D eigenvalue weighted by atomic mass is 35.5. The molecule has 3 aromatic rings. The summed E-state index contributed by atoms with van der Waals surface area (Å²) in [4.78, 5) is 29.0. The maximum Gasteiger partial charge on any atom is 0.407 e. The third kappa shape index (κ3) is 4.39. The van der Waals surface area contributed by atoms with Crippen molar-refractivity contribution >= 4 is 46.2 Å². The van der Waals surface area contributed by atoms with Crippen LogP contribution in [-0.2, 0) is 16.1 Å². The van der Waals surface area contributed by atoms with Gasteiger partial charge in [0.05, 0.1) is 29.3 Å². The van der Waals surface area contributed by atoms with Crippen LogP contribution in [0.2, 0.25) is 10.0 Å². The van der Waals surface area contributed by atoms with E-state index in [1.807, 2.05) is 0 Å². The molecule has 0 fully saturated rings. The largest absolute Gasteiger partial charge is 0.618 e. The van der Waals surface area contributed by atoms with Crippen LogP contribution in [0.4, 0.5) is 0 Å². The molecule has 0 atom stereocenters. The normalized spacial score (nSPS) is 10.7. The topological polar surface area (TPSA) is 102 Å². The van der Waals surface area contributed by atoms with Crippen molar-refractivity contribution in [2.24, 2.45) is 0 Å². The van der Waals surface area contributed by atoms with Gasteiger partial charge < -0.3 is 19.4 Å². The van der Waals surface area contributed by atoms with Gasteiger partial charge in [-0.3, -0.25) is 0 Å². The van der Waals surface area contributed by atoms with E-state index in [0.717, 1.165) is 0 Å². The number of methoxy groups -OCH3 is 1. The number of hydrogen-bond acceptors (Lipinski definition) is 7. The molecule has 30 heavy (non-hydrogen) atoms. The molecule has 0 aliphatic heterocycles. The van der Waals surface area contributed by atoms with Gasteiger partial charge in [0.25, 0.3) is 0 Å². The van der Waals surface area contributed by atoms with E-state index in [9.17, 15) is 14.8 Å². The lowest BCUT2D eigenvalue weighted by Crippen LogP contribution is -2.39. The molecule has 3 rings (SSSR count). The second-order valence-corrected chi connectivity index (χ2v) is 6.80. The first kappa shape index (κ1) is 21.6. The molecular formula is C20H16Cl2N2O6. The van der Waals surface area contributed by atoms with E-state index >= 15 is 0 Å². The summed E-state index contributed by atoms with van der Waals surface area (Å²) in [5.74, 6) is -0.986. The number of benzene rings is 2. The summed E-state index contributed by atoms with van der Waals surface area (Å²) >= 11 is 12.0. The standard InChI is InChI=1S/C20H16Cl2N2O6/c1-3-29-20(26)18-16(10-30-19(25)11-4-6-12(28-2)7-5-11)23-15-8-13(21)14(22)9-17(15)24(18)27/h4-9H,3,10H2,1-2H3. The highest BCUT2D eigenvalue weighted by Gasteiger charge is 2.29. The maximum atomic E-state index is 12.8. The molecule has 0 aliphatic carbocycles. The SMILES string of the molecule is CCOC(=O)c1c(COC(=O)c2ccc(OC)cc2)nc2cc(Cl)c(Cl)cc2[n+]1[O-]. The second kappa shape index (κ2) is 9.15. The van der Waals surface area contributed by atoms with Crippen LogP contribution < -0.4 is 9.47 Å². The van der Waals surface area contributed by atoms with Crippen molar-refractivity contribution in [2.45, 2.75) is 13.5 Å². The van der Waals surface area contributed by atoms with E-state index in [2.05, 4.69) is 4.98 Å². The fourth-order valence-electron chi connectivity index (χ4n) is 2.66. The number of ether oxygens (including phenoxy) is 3. The summed E-state index contributed by atoms with van der Waals surface area (Å²) in [7, 11) is 1.51. The predicted octanol–water partition coefficient (Wildman–Crippen LogP) is 3.72. The number of nitrogens with zero attached hydrogens (tertiary/aromatic N) is 2. The Kier molecular flexibility index (Phi) is 6.59. The molecule has 156 valence electrons. The highest BCUT2D eigenvalue weighted by molar-refractivity contribution is 6.42. The molecule has 8 nitrogen and oxygen atoms in total. The summed E-state index contributed by atoms with van der Waals surface area (Å²) in [6.07, 6.45) is 0. The third-order valence-corrected chi connectivity index (χ3v) is 4.82. The smallest absolute Gasteiger partial charge is 0.407 e. The van der Waals surface area contributed by atoms with E-state index in [1.54, 1.807) is 19.1 Å². The number of rotatable bonds is 6. The molecule has 0 unspecified atom stereocenters. The molecule has 2 aromatic carbocycles. The zero-order valence-electron chi connectivity index (χ0n) is 16.0. The first-order valence-electron chi connectivity index (χ1n) is 8.75. The predicted molar refractivity (Wildman–Crippen MR) is 109 cm³/mol. The van der Waals surface area contributed by atoms with Gasteiger partial charge in [0.2, 0.25) is 5.52 Å². The minimum atomic E-state index is -0.900. The van der Waals surface area contributed by atoms with Gasteiger partial charge in [-0.2, -0.15) is 4.73 Å². The molecule has 1 heterocycles. The quantitative estimate of drug-likeness (QED) is 0.320. The van der Waals surface area contributed by atoms with Crippen molar-refractivity contribution in [3.63, 3.8) is 0 Å². The van der Waals surface area contributed by atoms with Gasteiger partial charge in [0.15, 0.2) is 5.69 Å². The van der Waals surface area contributed by atoms with E-state index in [0.29, 0.717) is 10.5 Å². The van der Waals surface area contributed by atoms with Crippen LogP contribution >= 0.6 is 23.2 Å². The van der Waals surface area contributed by atoms with Gasteiger partial charge in [-0.25, -0.2) is 14.6 Å². The second-order valence-electron chi connectivity index (χ2n) is 5.98. The van der Waals surface area contributed by atoms with Gasteiger partial charge in [-0.15, -0.1) is 0 Å². The Bertz CT molecular complexity index is 1120. The molecule has 0 spiro atoms. The summed E-state index contributed by atoms with van der Waals surface area (Å²) in [6, 6.07) is 8.94. The van der Waals surface area contributed by atoms with Crippen LogP contribution in [0.25, 0.3) is 11.0 Å². The minimum Gasteiger partial charge on any atom is -0.618 e. The van der Waals surface area contributed by atoms with Gasteiger partial charge >= 0.3 is 17.6 Å². The van der Waals surface area contributed by atoms with E-state index in [4.69, 9.17) is 37.4 Å². The lowest BCUT2D eigenvalue weighted by atomic mass is 10.2. The molecule has 0 aliphatic rings. The Morgan fingerprint density at radius 3 is 2.37 bits per heavy atom. The average molecular weight is 451 g/mol. The van der Waals surface area contributed by atoms with E-state index in [1.165, 1.54) is 31.4 Å². The molecule has 0 bridgehead atoms. The van der Waals surface area contributed by atoms with Crippen molar-refractivity contribution in [3.05, 3.63) is 68.6 Å². The third-order valence-electron chi connectivity index (χ3n) is 4.10. The minimum absolute atomic E-state index is 0.0256. The fourth-order valence-corrected chi connectivity index (χ4v) is 2.98. The number of esters is 2. The Morgan fingerprint density at radius 1 is 1.07 bits per heavy atom. The maximum absolute atomic E-state index is 12.8. The van der Waals surface area contributed by atoms with Crippen LogP contribution in [0, 0.1) is 5.21 Å². The Balaban J connectivity index is 1.97. The van der Waals surface area contributed by atoms with Crippen LogP contribution in [0.5, 0.6) is 5.75 Å². The Morgan fingerprint density at radius 2 is 1.73 bits per heavy atom. The van der Waals surface area contributed by atoms with Crippen LogP contribution in [0.1, 0.15) is 33.5 Å². The van der Waals surface area contributed by atoms with Crippen LogP contribution in [0.15, 0.2) is 36.4 Å². The fraction of sp³-hybridized carbons (Fsp3) is 0.200. The molecule has 0 saturated carbocycles. The number of hydrogen-bond donors (Lipinski definition) is 0.